The molecule has 2 nitrogen and oxygen atoms in total. The van der Waals surface area contributed by atoms with Gasteiger partial charge in [-0.15, -0.1) is 0 Å². The van der Waals surface area contributed by atoms with Crippen LogP contribution in [0.1, 0.15) is 21.5 Å². The highest BCUT2D eigenvalue weighted by molar-refractivity contribution is 9.10. The van der Waals surface area contributed by atoms with Crippen molar-refractivity contribution < 1.29 is 13.6 Å². The molecule has 0 aliphatic heterocycles. The zero-order chi connectivity index (χ0) is 15.7. The second-order valence-corrected chi connectivity index (χ2v) is 5.82. The molecule has 2 aromatic rings. The molecule has 0 aromatic heterocycles. The minimum atomic E-state index is -0.871. The standard InChI is InChI=1S/C15H11BrClF2NO/c1-7-3-9(4-8(2)14(7)16)20-15(21)10-5-13(19)11(17)6-12(10)18/h3-6H,1-2H3,(H,20,21). The first-order chi connectivity index (χ1) is 9.79. The van der Waals surface area contributed by atoms with Gasteiger partial charge in [-0.2, -0.15) is 0 Å². The molecule has 0 spiro atoms. The van der Waals surface area contributed by atoms with Gasteiger partial charge < -0.3 is 5.32 Å². The molecule has 0 aliphatic carbocycles. The van der Waals surface area contributed by atoms with Crippen molar-refractivity contribution in [2.45, 2.75) is 13.8 Å². The Labute approximate surface area is 134 Å². The third kappa shape index (κ3) is 3.41. The lowest BCUT2D eigenvalue weighted by molar-refractivity contribution is 0.102. The third-order valence-corrected chi connectivity index (χ3v) is 4.49. The molecule has 0 bridgehead atoms. The van der Waals surface area contributed by atoms with Crippen molar-refractivity contribution in [2.24, 2.45) is 0 Å². The van der Waals surface area contributed by atoms with Crippen LogP contribution >= 0.6 is 27.5 Å². The third-order valence-electron chi connectivity index (χ3n) is 2.95. The first-order valence-corrected chi connectivity index (χ1v) is 7.19. The monoisotopic (exact) mass is 373 g/mol. The second-order valence-electron chi connectivity index (χ2n) is 4.62. The number of aryl methyl sites for hydroxylation is 2. The van der Waals surface area contributed by atoms with E-state index < -0.39 is 23.1 Å². The van der Waals surface area contributed by atoms with Crippen LogP contribution in [-0.4, -0.2) is 5.91 Å². The molecule has 0 saturated carbocycles. The van der Waals surface area contributed by atoms with Crippen molar-refractivity contribution in [1.82, 2.24) is 0 Å². The highest BCUT2D eigenvalue weighted by atomic mass is 79.9. The molecule has 110 valence electrons. The van der Waals surface area contributed by atoms with E-state index in [1.54, 1.807) is 12.1 Å². The van der Waals surface area contributed by atoms with Crippen molar-refractivity contribution in [3.05, 3.63) is 62.1 Å². The smallest absolute Gasteiger partial charge is 0.258 e. The van der Waals surface area contributed by atoms with E-state index in [-0.39, 0.29) is 5.02 Å². The SMILES string of the molecule is Cc1cc(NC(=O)c2cc(F)c(Cl)cc2F)cc(C)c1Br. The Morgan fingerprint density at radius 3 is 2.24 bits per heavy atom. The number of carbonyl (C=O) groups is 1. The van der Waals surface area contributed by atoms with Crippen LogP contribution in [0.15, 0.2) is 28.7 Å². The molecule has 1 N–H and O–H groups in total. The quantitative estimate of drug-likeness (QED) is 0.715. The molecule has 0 atom stereocenters. The van der Waals surface area contributed by atoms with E-state index in [1.165, 1.54) is 0 Å². The van der Waals surface area contributed by atoms with Crippen LogP contribution in [0, 0.1) is 25.5 Å². The summed E-state index contributed by atoms with van der Waals surface area (Å²) in [5, 5.41) is 2.18. The van der Waals surface area contributed by atoms with Gasteiger partial charge in [0, 0.05) is 10.2 Å². The number of anilines is 1. The zero-order valence-corrected chi connectivity index (χ0v) is 13.6. The number of amides is 1. The van der Waals surface area contributed by atoms with Gasteiger partial charge in [0.1, 0.15) is 11.6 Å². The Morgan fingerprint density at radius 1 is 1.10 bits per heavy atom. The number of nitrogens with one attached hydrogen (secondary N) is 1. The van der Waals surface area contributed by atoms with Crippen LogP contribution in [0.4, 0.5) is 14.5 Å². The van der Waals surface area contributed by atoms with Crippen molar-refractivity contribution in [3.8, 4) is 0 Å². The van der Waals surface area contributed by atoms with E-state index in [4.69, 9.17) is 11.6 Å². The Bertz CT molecular complexity index is 711. The van der Waals surface area contributed by atoms with Gasteiger partial charge in [-0.25, -0.2) is 8.78 Å². The normalized spacial score (nSPS) is 10.6. The van der Waals surface area contributed by atoms with Gasteiger partial charge in [0.15, 0.2) is 0 Å². The largest absolute Gasteiger partial charge is 0.322 e. The lowest BCUT2D eigenvalue weighted by atomic mass is 10.1. The lowest BCUT2D eigenvalue weighted by Gasteiger charge is -2.10. The summed E-state index contributed by atoms with van der Waals surface area (Å²) >= 11 is 8.87. The Hall–Kier alpha value is -1.46. The number of halogens is 4. The maximum absolute atomic E-state index is 13.7. The van der Waals surface area contributed by atoms with Gasteiger partial charge in [-0.05, 0) is 49.2 Å². The van der Waals surface area contributed by atoms with Crippen molar-refractivity contribution >= 4 is 39.1 Å². The number of benzene rings is 2. The van der Waals surface area contributed by atoms with Gasteiger partial charge in [0.05, 0.1) is 10.6 Å². The topological polar surface area (TPSA) is 29.1 Å². The van der Waals surface area contributed by atoms with Crippen LogP contribution in [0.2, 0.25) is 5.02 Å². The molecule has 21 heavy (non-hydrogen) atoms. The molecule has 6 heteroatoms. The van der Waals surface area contributed by atoms with Crippen LogP contribution < -0.4 is 5.32 Å². The predicted octanol–water partition coefficient (Wildman–Crippen LogP) is 5.25. The lowest BCUT2D eigenvalue weighted by Crippen LogP contribution is -2.14. The van der Waals surface area contributed by atoms with E-state index in [2.05, 4.69) is 21.2 Å². The first kappa shape index (κ1) is 15.9. The fourth-order valence-electron chi connectivity index (χ4n) is 1.91. The Balaban J connectivity index is 2.32. The number of carbonyl (C=O) groups excluding carboxylic acids is 1. The van der Waals surface area contributed by atoms with Gasteiger partial charge in [0.2, 0.25) is 0 Å². The highest BCUT2D eigenvalue weighted by Gasteiger charge is 2.16. The fraction of sp³-hybridized carbons (Fsp3) is 0.133. The van der Waals surface area contributed by atoms with E-state index in [1.807, 2.05) is 13.8 Å². The molecular weight excluding hydrogens is 364 g/mol. The fourth-order valence-corrected chi connectivity index (χ4v) is 2.29. The van der Waals surface area contributed by atoms with Crippen LogP contribution in [0.25, 0.3) is 0 Å². The molecule has 0 saturated heterocycles. The minimum absolute atomic E-state index is 0.362. The molecule has 0 radical (unpaired) electrons. The summed E-state index contributed by atoms with van der Waals surface area (Å²) in [6.45, 7) is 3.74. The zero-order valence-electron chi connectivity index (χ0n) is 11.2. The molecular formula is C15H11BrClF2NO. The molecule has 0 unspecified atom stereocenters. The van der Waals surface area contributed by atoms with E-state index in [0.29, 0.717) is 5.69 Å². The summed E-state index contributed by atoms with van der Waals surface area (Å²) in [5.41, 5.74) is 1.96. The number of hydrogen-bond donors (Lipinski definition) is 1. The first-order valence-electron chi connectivity index (χ1n) is 6.02. The molecule has 0 fully saturated rings. The molecule has 1 amide bonds. The summed E-state index contributed by atoms with van der Waals surface area (Å²) in [4.78, 5) is 12.0. The number of hydrogen-bond acceptors (Lipinski definition) is 1. The summed E-state index contributed by atoms with van der Waals surface area (Å²) in [7, 11) is 0. The Morgan fingerprint density at radius 2 is 1.67 bits per heavy atom. The van der Waals surface area contributed by atoms with E-state index in [9.17, 15) is 13.6 Å². The van der Waals surface area contributed by atoms with Gasteiger partial charge in [-0.1, -0.05) is 27.5 Å². The summed E-state index contributed by atoms with van der Waals surface area (Å²) in [5.74, 6) is -2.44. The number of rotatable bonds is 2. The molecule has 2 rings (SSSR count). The Kier molecular flexibility index (Phi) is 4.64. The van der Waals surface area contributed by atoms with Gasteiger partial charge >= 0.3 is 0 Å². The molecule has 0 aliphatic rings. The van der Waals surface area contributed by atoms with Crippen molar-refractivity contribution in [3.63, 3.8) is 0 Å². The van der Waals surface area contributed by atoms with Gasteiger partial charge in [-0.3, -0.25) is 4.79 Å². The minimum Gasteiger partial charge on any atom is -0.322 e. The van der Waals surface area contributed by atoms with Crippen LogP contribution in [0.3, 0.4) is 0 Å². The maximum atomic E-state index is 13.7. The van der Waals surface area contributed by atoms with E-state index in [0.717, 1.165) is 27.7 Å². The highest BCUT2D eigenvalue weighted by Crippen LogP contribution is 2.26. The average Bonchev–Trinajstić information content (AvgIpc) is 2.40. The summed E-state index contributed by atoms with van der Waals surface area (Å²) in [6.07, 6.45) is 0. The average molecular weight is 375 g/mol. The molecule has 2 aromatic carbocycles. The van der Waals surface area contributed by atoms with Crippen molar-refractivity contribution in [2.75, 3.05) is 5.32 Å². The van der Waals surface area contributed by atoms with Crippen molar-refractivity contribution in [1.29, 1.82) is 0 Å². The molecule has 0 heterocycles. The predicted molar refractivity (Wildman–Crippen MR) is 82.9 cm³/mol. The maximum Gasteiger partial charge on any atom is 0.258 e. The van der Waals surface area contributed by atoms with Gasteiger partial charge in [0.25, 0.3) is 5.91 Å². The van der Waals surface area contributed by atoms with E-state index >= 15 is 0 Å². The summed E-state index contributed by atoms with van der Waals surface area (Å²) in [6, 6.07) is 5.04. The van der Waals surface area contributed by atoms with Crippen LogP contribution in [-0.2, 0) is 0 Å². The second kappa shape index (κ2) is 6.12. The summed E-state index contributed by atoms with van der Waals surface area (Å²) < 4.78 is 28.0. The van der Waals surface area contributed by atoms with Crippen LogP contribution in [0.5, 0.6) is 0 Å².